The highest BCUT2D eigenvalue weighted by Crippen LogP contribution is 2.21. The van der Waals surface area contributed by atoms with E-state index in [-0.39, 0.29) is 5.91 Å². The number of carbonyl (C=O) groups excluding carboxylic acids is 1. The fourth-order valence-electron chi connectivity index (χ4n) is 2.27. The van der Waals surface area contributed by atoms with Crippen molar-refractivity contribution in [2.45, 2.75) is 33.7 Å². The Morgan fingerprint density at radius 2 is 2.14 bits per heavy atom. The molecule has 0 saturated carbocycles. The molecular formula is C16H18N4OS. The third kappa shape index (κ3) is 3.01. The van der Waals surface area contributed by atoms with Crippen LogP contribution in [0, 0.1) is 20.8 Å². The summed E-state index contributed by atoms with van der Waals surface area (Å²) >= 11 is 1.51. The predicted octanol–water partition coefficient (Wildman–Crippen LogP) is 3.45. The van der Waals surface area contributed by atoms with Gasteiger partial charge >= 0.3 is 0 Å². The van der Waals surface area contributed by atoms with Gasteiger partial charge in [0, 0.05) is 16.7 Å². The van der Waals surface area contributed by atoms with Gasteiger partial charge in [-0.3, -0.25) is 9.48 Å². The van der Waals surface area contributed by atoms with E-state index in [1.54, 1.807) is 0 Å². The second kappa shape index (κ2) is 5.88. The third-order valence-corrected chi connectivity index (χ3v) is 4.61. The van der Waals surface area contributed by atoms with Crippen LogP contribution in [-0.4, -0.2) is 20.7 Å². The second-order valence-electron chi connectivity index (χ2n) is 5.39. The maximum Gasteiger partial charge on any atom is 0.228 e. The molecule has 3 rings (SSSR count). The van der Waals surface area contributed by atoms with E-state index in [9.17, 15) is 4.79 Å². The summed E-state index contributed by atoms with van der Waals surface area (Å²) in [6, 6.07) is 6.21. The smallest absolute Gasteiger partial charge is 0.228 e. The topological polar surface area (TPSA) is 59.8 Å². The van der Waals surface area contributed by atoms with E-state index < -0.39 is 0 Å². The molecule has 1 N–H and O–H groups in total. The monoisotopic (exact) mass is 314 g/mol. The summed E-state index contributed by atoms with van der Waals surface area (Å²) in [5.41, 5.74) is 3.22. The Hall–Kier alpha value is -2.21. The van der Waals surface area contributed by atoms with Crippen LogP contribution in [0.2, 0.25) is 0 Å². The minimum atomic E-state index is -0.0370. The largest absolute Gasteiger partial charge is 0.302 e. The molecule has 3 aromatic rings. The summed E-state index contributed by atoms with van der Waals surface area (Å²) in [7, 11) is 0. The number of hydrogen-bond donors (Lipinski definition) is 1. The minimum absolute atomic E-state index is 0.0370. The van der Waals surface area contributed by atoms with Gasteiger partial charge in [0.25, 0.3) is 0 Å². The standard InChI is InChI=1S/C16H18N4OS/c1-10-4-5-13-9-17-20(14(13)8-10)7-6-15(21)19-16-18-11(2)12(3)22-16/h4-5,8-9H,6-7H2,1-3H3,(H,18,19,21). The lowest BCUT2D eigenvalue weighted by atomic mass is 10.2. The van der Waals surface area contributed by atoms with Crippen molar-refractivity contribution in [3.05, 3.63) is 40.5 Å². The molecule has 0 fully saturated rings. The van der Waals surface area contributed by atoms with Crippen LogP contribution in [-0.2, 0) is 11.3 Å². The molecule has 6 heteroatoms. The number of hydrogen-bond acceptors (Lipinski definition) is 4. The number of carbonyl (C=O) groups is 1. The number of aryl methyl sites for hydroxylation is 4. The maximum atomic E-state index is 12.0. The van der Waals surface area contributed by atoms with E-state index in [1.165, 1.54) is 16.9 Å². The zero-order chi connectivity index (χ0) is 15.7. The zero-order valence-corrected chi connectivity index (χ0v) is 13.7. The number of aromatic nitrogens is 3. The van der Waals surface area contributed by atoms with Crippen molar-refractivity contribution in [2.75, 3.05) is 5.32 Å². The lowest BCUT2D eigenvalue weighted by Gasteiger charge is -2.04. The molecule has 114 valence electrons. The highest BCUT2D eigenvalue weighted by Gasteiger charge is 2.09. The summed E-state index contributed by atoms with van der Waals surface area (Å²) < 4.78 is 1.88. The first-order chi connectivity index (χ1) is 10.5. The van der Waals surface area contributed by atoms with Gasteiger partial charge in [-0.2, -0.15) is 5.10 Å². The number of anilines is 1. The average molecular weight is 314 g/mol. The van der Waals surface area contributed by atoms with Gasteiger partial charge in [-0.25, -0.2) is 4.98 Å². The van der Waals surface area contributed by atoms with Gasteiger partial charge in [0.05, 0.1) is 24.0 Å². The summed E-state index contributed by atoms with van der Waals surface area (Å²) in [4.78, 5) is 17.5. The predicted molar refractivity (Wildman–Crippen MR) is 89.3 cm³/mol. The first-order valence-electron chi connectivity index (χ1n) is 7.19. The SMILES string of the molecule is Cc1ccc2cnn(CCC(=O)Nc3nc(C)c(C)s3)c2c1. The quantitative estimate of drug-likeness (QED) is 0.802. The van der Waals surface area contributed by atoms with Crippen LogP contribution in [0.5, 0.6) is 0 Å². The molecule has 22 heavy (non-hydrogen) atoms. The maximum absolute atomic E-state index is 12.0. The zero-order valence-electron chi connectivity index (χ0n) is 12.9. The number of amides is 1. The Bertz CT molecular complexity index is 814. The van der Waals surface area contributed by atoms with Gasteiger partial charge in [-0.05, 0) is 32.4 Å². The first-order valence-corrected chi connectivity index (χ1v) is 8.00. The summed E-state index contributed by atoms with van der Waals surface area (Å²) in [6.45, 7) is 6.55. The summed E-state index contributed by atoms with van der Waals surface area (Å²) in [5.74, 6) is -0.0370. The average Bonchev–Trinajstić information content (AvgIpc) is 3.00. The Balaban J connectivity index is 1.66. The van der Waals surface area contributed by atoms with E-state index >= 15 is 0 Å². The molecule has 5 nitrogen and oxygen atoms in total. The molecule has 0 aliphatic heterocycles. The molecule has 0 aliphatic rings. The normalized spacial score (nSPS) is 11.0. The molecule has 0 unspecified atom stereocenters. The molecular weight excluding hydrogens is 296 g/mol. The second-order valence-corrected chi connectivity index (χ2v) is 6.59. The van der Waals surface area contributed by atoms with E-state index in [1.807, 2.05) is 24.7 Å². The molecule has 1 aromatic carbocycles. The fourth-order valence-corrected chi connectivity index (χ4v) is 3.10. The number of nitrogens with one attached hydrogen (secondary N) is 1. The summed E-state index contributed by atoms with van der Waals surface area (Å²) in [5, 5.41) is 8.97. The Labute approximate surface area is 133 Å². The van der Waals surface area contributed by atoms with Crippen molar-refractivity contribution >= 4 is 33.3 Å². The fraction of sp³-hybridized carbons (Fsp3) is 0.312. The highest BCUT2D eigenvalue weighted by molar-refractivity contribution is 7.15. The van der Waals surface area contributed by atoms with Crippen LogP contribution in [0.3, 0.4) is 0 Å². The van der Waals surface area contributed by atoms with Crippen LogP contribution in [0.25, 0.3) is 10.9 Å². The van der Waals surface area contributed by atoms with Crippen LogP contribution >= 0.6 is 11.3 Å². The number of nitrogens with zero attached hydrogens (tertiary/aromatic N) is 3. The van der Waals surface area contributed by atoms with Crippen molar-refractivity contribution < 1.29 is 4.79 Å². The molecule has 2 aromatic heterocycles. The Kier molecular flexibility index (Phi) is 3.94. The molecule has 2 heterocycles. The van der Waals surface area contributed by atoms with Crippen molar-refractivity contribution in [1.29, 1.82) is 0 Å². The van der Waals surface area contributed by atoms with Gasteiger partial charge < -0.3 is 5.32 Å². The van der Waals surface area contributed by atoms with E-state index in [2.05, 4.69) is 40.5 Å². The van der Waals surface area contributed by atoms with Crippen molar-refractivity contribution in [3.8, 4) is 0 Å². The molecule has 1 amide bonds. The van der Waals surface area contributed by atoms with Gasteiger partial charge in [0.2, 0.25) is 5.91 Å². The van der Waals surface area contributed by atoms with Gasteiger partial charge in [-0.1, -0.05) is 12.1 Å². The number of fused-ring (bicyclic) bond motifs is 1. The van der Waals surface area contributed by atoms with Crippen LogP contribution in [0.15, 0.2) is 24.4 Å². The number of rotatable bonds is 4. The molecule has 0 saturated heterocycles. The van der Waals surface area contributed by atoms with Crippen molar-refractivity contribution in [3.63, 3.8) is 0 Å². The van der Waals surface area contributed by atoms with Crippen molar-refractivity contribution in [1.82, 2.24) is 14.8 Å². The molecule has 0 spiro atoms. The lowest BCUT2D eigenvalue weighted by Crippen LogP contribution is -2.14. The first kappa shape index (κ1) is 14.7. The molecule has 0 bridgehead atoms. The van der Waals surface area contributed by atoms with Gasteiger partial charge in [0.1, 0.15) is 0 Å². The molecule has 0 radical (unpaired) electrons. The van der Waals surface area contributed by atoms with E-state index in [0.717, 1.165) is 21.5 Å². The van der Waals surface area contributed by atoms with Gasteiger partial charge in [0.15, 0.2) is 5.13 Å². The van der Waals surface area contributed by atoms with Crippen LogP contribution in [0.4, 0.5) is 5.13 Å². The third-order valence-electron chi connectivity index (χ3n) is 3.63. The highest BCUT2D eigenvalue weighted by atomic mass is 32.1. The lowest BCUT2D eigenvalue weighted by molar-refractivity contribution is -0.116. The van der Waals surface area contributed by atoms with Gasteiger partial charge in [-0.15, -0.1) is 11.3 Å². The molecule has 0 aliphatic carbocycles. The van der Waals surface area contributed by atoms with Crippen LogP contribution < -0.4 is 5.32 Å². The minimum Gasteiger partial charge on any atom is -0.302 e. The number of thiazole rings is 1. The Morgan fingerprint density at radius 3 is 2.86 bits per heavy atom. The summed E-state index contributed by atoms with van der Waals surface area (Å²) in [6.07, 6.45) is 2.21. The van der Waals surface area contributed by atoms with Crippen LogP contribution in [0.1, 0.15) is 22.6 Å². The number of benzene rings is 1. The van der Waals surface area contributed by atoms with Crippen molar-refractivity contribution in [2.24, 2.45) is 0 Å². The van der Waals surface area contributed by atoms with E-state index in [4.69, 9.17) is 0 Å². The van der Waals surface area contributed by atoms with E-state index in [0.29, 0.717) is 18.1 Å². The Morgan fingerprint density at radius 1 is 1.32 bits per heavy atom. The molecule has 0 atom stereocenters.